The van der Waals surface area contributed by atoms with E-state index in [0.29, 0.717) is 11.4 Å². The molecule has 3 amide bonds. The van der Waals surface area contributed by atoms with Crippen LogP contribution in [0.1, 0.15) is 44.0 Å². The van der Waals surface area contributed by atoms with Gasteiger partial charge in [-0.25, -0.2) is 17.6 Å². The normalized spacial score (nSPS) is 12.8. The predicted octanol–water partition coefficient (Wildman–Crippen LogP) is 4.32. The quantitative estimate of drug-likeness (QED) is 0.434. The molecular weight excluding hydrogens is 509 g/mol. The Morgan fingerprint density at radius 2 is 1.72 bits per heavy atom. The van der Waals surface area contributed by atoms with Gasteiger partial charge in [0.25, 0.3) is 21.8 Å². The van der Waals surface area contributed by atoms with Crippen LogP contribution in [-0.2, 0) is 27.6 Å². The van der Waals surface area contributed by atoms with Gasteiger partial charge in [-0.05, 0) is 73.7 Å². The molecule has 36 heavy (non-hydrogen) atoms. The van der Waals surface area contributed by atoms with E-state index in [0.717, 1.165) is 61.1 Å². The van der Waals surface area contributed by atoms with Gasteiger partial charge in [-0.2, -0.15) is 0 Å². The number of rotatable bonds is 6. The second kappa shape index (κ2) is 10.5. The van der Waals surface area contributed by atoms with Crippen LogP contribution in [0.25, 0.3) is 0 Å². The van der Waals surface area contributed by atoms with E-state index in [1.54, 1.807) is 0 Å². The van der Waals surface area contributed by atoms with E-state index in [2.05, 4.69) is 20.1 Å². The highest BCUT2D eigenvalue weighted by Gasteiger charge is 2.28. The molecule has 0 fully saturated rings. The number of thiophene rings is 1. The first-order valence-electron chi connectivity index (χ1n) is 10.9. The van der Waals surface area contributed by atoms with Crippen molar-refractivity contribution in [3.05, 3.63) is 75.9 Å². The Balaban J connectivity index is 1.57. The Labute approximate surface area is 210 Å². The zero-order valence-corrected chi connectivity index (χ0v) is 20.7. The SMILES string of the molecule is COC(=O)NC(=O)c1c(NC(=O)c2cccc(NS(=O)(=O)c3ccc(F)cc3)c2)sc2c1CCCC2. The van der Waals surface area contributed by atoms with Crippen LogP contribution in [0.15, 0.2) is 53.4 Å². The predicted molar refractivity (Wildman–Crippen MR) is 132 cm³/mol. The van der Waals surface area contributed by atoms with Crippen LogP contribution in [0, 0.1) is 5.82 Å². The Bertz CT molecular complexity index is 1430. The number of hydrogen-bond donors (Lipinski definition) is 3. The van der Waals surface area contributed by atoms with Crippen molar-refractivity contribution in [3.63, 3.8) is 0 Å². The maximum Gasteiger partial charge on any atom is 0.413 e. The lowest BCUT2D eigenvalue weighted by atomic mass is 9.95. The highest BCUT2D eigenvalue weighted by Crippen LogP contribution is 2.38. The molecule has 9 nitrogen and oxygen atoms in total. The zero-order chi connectivity index (χ0) is 25.9. The van der Waals surface area contributed by atoms with E-state index in [1.807, 2.05) is 0 Å². The van der Waals surface area contributed by atoms with E-state index >= 15 is 0 Å². The topological polar surface area (TPSA) is 131 Å². The highest BCUT2D eigenvalue weighted by molar-refractivity contribution is 7.92. The van der Waals surface area contributed by atoms with Gasteiger partial charge >= 0.3 is 6.09 Å². The molecule has 0 saturated heterocycles. The Kier molecular flexibility index (Phi) is 7.36. The van der Waals surface area contributed by atoms with Gasteiger partial charge in [0.15, 0.2) is 0 Å². The fraction of sp³-hybridized carbons (Fsp3) is 0.208. The summed E-state index contributed by atoms with van der Waals surface area (Å²) in [6, 6.07) is 10.1. The van der Waals surface area contributed by atoms with Crippen LogP contribution >= 0.6 is 11.3 Å². The monoisotopic (exact) mass is 531 g/mol. The fourth-order valence-electron chi connectivity index (χ4n) is 3.83. The number of hydrogen-bond acceptors (Lipinski definition) is 7. The molecule has 1 aliphatic carbocycles. The highest BCUT2D eigenvalue weighted by atomic mass is 32.2. The molecule has 4 rings (SSSR count). The smallest absolute Gasteiger partial charge is 0.413 e. The standard InChI is InChI=1S/C24H22FN3O6S2/c1-34-24(31)27-22(30)20-18-7-2-3-8-19(18)35-23(20)26-21(29)14-5-4-6-16(13-14)28-36(32,33)17-11-9-15(25)10-12-17/h4-6,9-13,28H,2-3,7-8H2,1H3,(H,26,29)(H,27,30,31). The molecule has 188 valence electrons. The van der Waals surface area contributed by atoms with Crippen molar-refractivity contribution in [1.82, 2.24) is 5.32 Å². The van der Waals surface area contributed by atoms with Gasteiger partial charge in [-0.1, -0.05) is 6.07 Å². The number of sulfonamides is 1. The van der Waals surface area contributed by atoms with E-state index < -0.39 is 33.7 Å². The molecule has 2 aromatic carbocycles. The third-order valence-corrected chi connectivity index (χ3v) is 8.13. The van der Waals surface area contributed by atoms with Crippen LogP contribution in [0.5, 0.6) is 0 Å². The molecule has 1 aromatic heterocycles. The molecule has 0 spiro atoms. The Morgan fingerprint density at radius 3 is 2.44 bits per heavy atom. The summed E-state index contributed by atoms with van der Waals surface area (Å²) in [5.74, 6) is -1.80. The first-order chi connectivity index (χ1) is 17.2. The van der Waals surface area contributed by atoms with Gasteiger partial charge in [0.05, 0.1) is 17.6 Å². The number of alkyl carbamates (subject to hydrolysis) is 1. The molecule has 0 aliphatic heterocycles. The third kappa shape index (κ3) is 5.55. The van der Waals surface area contributed by atoms with Crippen LogP contribution in [-0.4, -0.2) is 33.4 Å². The van der Waals surface area contributed by atoms with Gasteiger partial charge in [0.1, 0.15) is 10.8 Å². The summed E-state index contributed by atoms with van der Waals surface area (Å²) in [6.45, 7) is 0. The summed E-state index contributed by atoms with van der Waals surface area (Å²) in [6.07, 6.45) is 2.33. The Morgan fingerprint density at radius 1 is 1.00 bits per heavy atom. The molecule has 0 bridgehead atoms. The minimum atomic E-state index is -4.01. The van der Waals surface area contributed by atoms with Crippen molar-refractivity contribution in [3.8, 4) is 0 Å². The first-order valence-corrected chi connectivity index (χ1v) is 13.2. The molecule has 1 aliphatic rings. The number of benzene rings is 2. The maximum absolute atomic E-state index is 13.1. The average molecular weight is 532 g/mol. The van der Waals surface area contributed by atoms with Crippen molar-refractivity contribution in [1.29, 1.82) is 0 Å². The Hall–Kier alpha value is -3.77. The molecule has 0 saturated carbocycles. The van der Waals surface area contributed by atoms with E-state index in [4.69, 9.17) is 0 Å². The van der Waals surface area contributed by atoms with E-state index in [9.17, 15) is 27.2 Å². The summed E-state index contributed by atoms with van der Waals surface area (Å²) < 4.78 is 45.3. The van der Waals surface area contributed by atoms with Gasteiger partial charge in [0, 0.05) is 16.1 Å². The summed E-state index contributed by atoms with van der Waals surface area (Å²) >= 11 is 1.27. The second-order valence-electron chi connectivity index (χ2n) is 7.96. The van der Waals surface area contributed by atoms with Gasteiger partial charge in [-0.15, -0.1) is 11.3 Å². The third-order valence-electron chi connectivity index (χ3n) is 5.53. The minimum absolute atomic E-state index is 0.126. The van der Waals surface area contributed by atoms with Crippen LogP contribution < -0.4 is 15.4 Å². The lowest BCUT2D eigenvalue weighted by Gasteiger charge is -2.13. The summed E-state index contributed by atoms with van der Waals surface area (Å²) in [5.41, 5.74) is 1.28. The van der Waals surface area contributed by atoms with Gasteiger partial charge < -0.3 is 10.1 Å². The lowest BCUT2D eigenvalue weighted by molar-refractivity contribution is 0.0937. The maximum atomic E-state index is 13.1. The molecule has 1 heterocycles. The number of amides is 3. The van der Waals surface area contributed by atoms with E-state index in [-0.39, 0.29) is 21.7 Å². The number of aryl methyl sites for hydroxylation is 1. The fourth-order valence-corrected chi connectivity index (χ4v) is 6.16. The molecule has 3 aromatic rings. The molecule has 0 radical (unpaired) electrons. The average Bonchev–Trinajstić information content (AvgIpc) is 3.22. The van der Waals surface area contributed by atoms with Crippen LogP contribution in [0.2, 0.25) is 0 Å². The number of imide groups is 1. The number of fused-ring (bicyclic) bond motifs is 1. The first kappa shape index (κ1) is 25.3. The molecule has 3 N–H and O–H groups in total. The van der Waals surface area contributed by atoms with Crippen molar-refractivity contribution in [2.75, 3.05) is 17.1 Å². The molecular formula is C24H22FN3O6S2. The number of methoxy groups -OCH3 is 1. The van der Waals surface area contributed by atoms with Crippen molar-refractivity contribution in [2.24, 2.45) is 0 Å². The lowest BCUT2D eigenvalue weighted by Crippen LogP contribution is -2.31. The second-order valence-corrected chi connectivity index (χ2v) is 10.7. The van der Waals surface area contributed by atoms with E-state index in [1.165, 1.54) is 35.6 Å². The number of nitrogens with one attached hydrogen (secondary N) is 3. The number of halogens is 1. The summed E-state index contributed by atoms with van der Waals surface area (Å²) in [4.78, 5) is 38.3. The number of carbonyl (C=O) groups excluding carboxylic acids is 3. The number of carbonyl (C=O) groups is 3. The zero-order valence-electron chi connectivity index (χ0n) is 19.1. The number of anilines is 2. The largest absolute Gasteiger partial charge is 0.453 e. The van der Waals surface area contributed by atoms with Crippen molar-refractivity contribution in [2.45, 2.75) is 30.6 Å². The van der Waals surface area contributed by atoms with Crippen LogP contribution in [0.4, 0.5) is 19.9 Å². The number of ether oxygens (including phenoxy) is 1. The summed E-state index contributed by atoms with van der Waals surface area (Å²) in [5, 5.41) is 5.17. The van der Waals surface area contributed by atoms with Crippen molar-refractivity contribution < 1.29 is 31.9 Å². The van der Waals surface area contributed by atoms with Gasteiger partial charge in [-0.3, -0.25) is 19.6 Å². The molecule has 0 atom stereocenters. The molecule has 0 unspecified atom stereocenters. The summed E-state index contributed by atoms with van der Waals surface area (Å²) in [7, 11) is -2.86. The van der Waals surface area contributed by atoms with Gasteiger partial charge in [0.2, 0.25) is 0 Å². The minimum Gasteiger partial charge on any atom is -0.453 e. The van der Waals surface area contributed by atoms with Crippen LogP contribution in [0.3, 0.4) is 0 Å². The van der Waals surface area contributed by atoms with Crippen molar-refractivity contribution >= 4 is 50.0 Å². The molecule has 12 heteroatoms.